The summed E-state index contributed by atoms with van der Waals surface area (Å²) in [6.45, 7) is 10.7. The van der Waals surface area contributed by atoms with Crippen molar-refractivity contribution in [2.75, 3.05) is 26.2 Å². The Labute approximate surface area is 173 Å². The number of aliphatic hydroxyl groups is 1. The van der Waals surface area contributed by atoms with E-state index in [2.05, 4.69) is 4.90 Å². The van der Waals surface area contributed by atoms with Crippen LogP contribution in [0.4, 0.5) is 0 Å². The lowest BCUT2D eigenvalue weighted by atomic mass is 9.91. The average molecular weight is 401 g/mol. The number of likely N-dealkylation sites (tertiary alicyclic amines) is 1. The van der Waals surface area contributed by atoms with Crippen LogP contribution in [0.2, 0.25) is 0 Å². The van der Waals surface area contributed by atoms with Gasteiger partial charge in [0.25, 0.3) is 5.91 Å². The van der Waals surface area contributed by atoms with E-state index in [4.69, 9.17) is 4.74 Å². The number of amides is 1. The minimum Gasteiger partial charge on any atom is -0.503 e. The molecular weight excluding hydrogens is 368 g/mol. The standard InChI is InChI=1S/C23H32N2O4/c1-15(2)21(26)19-20(17-8-7-9-18(14-17)29-16(3)4)25(23(28)22(19)27)13-12-24-10-5-6-11-24/h7-9,14-16,20,27H,5-6,10-13H2,1-4H3. The van der Waals surface area contributed by atoms with Gasteiger partial charge in [-0.05, 0) is 57.5 Å². The fourth-order valence-corrected chi connectivity index (χ4v) is 4.08. The van der Waals surface area contributed by atoms with Gasteiger partial charge in [-0.2, -0.15) is 0 Å². The molecule has 3 rings (SSSR count). The number of hydrogen-bond donors (Lipinski definition) is 1. The maximum atomic E-state index is 12.9. The molecule has 1 aromatic carbocycles. The largest absolute Gasteiger partial charge is 0.503 e. The quantitative estimate of drug-likeness (QED) is 0.723. The van der Waals surface area contributed by atoms with Crippen LogP contribution in [-0.2, 0) is 9.59 Å². The molecule has 2 heterocycles. The van der Waals surface area contributed by atoms with E-state index in [1.54, 1.807) is 18.7 Å². The second-order valence-corrected chi connectivity index (χ2v) is 8.47. The molecule has 29 heavy (non-hydrogen) atoms. The SMILES string of the molecule is CC(C)Oc1cccc(C2C(C(=O)C(C)C)=C(O)C(=O)N2CCN2CCCC2)c1. The molecule has 0 aliphatic carbocycles. The Bertz CT molecular complexity index is 794. The van der Waals surface area contributed by atoms with Crippen molar-refractivity contribution in [1.29, 1.82) is 0 Å². The Morgan fingerprint density at radius 3 is 2.48 bits per heavy atom. The van der Waals surface area contributed by atoms with Crippen LogP contribution in [0.5, 0.6) is 5.75 Å². The maximum absolute atomic E-state index is 12.9. The summed E-state index contributed by atoms with van der Waals surface area (Å²) in [5, 5.41) is 10.6. The number of nitrogens with zero attached hydrogens (tertiary/aromatic N) is 2. The summed E-state index contributed by atoms with van der Waals surface area (Å²) < 4.78 is 5.81. The first kappa shape index (κ1) is 21.4. The zero-order valence-electron chi connectivity index (χ0n) is 17.9. The average Bonchev–Trinajstić information content (AvgIpc) is 3.26. The third kappa shape index (κ3) is 4.64. The minimum absolute atomic E-state index is 0.0161. The number of Topliss-reactive ketones (excluding diaryl/α,β-unsaturated/α-hetero) is 1. The third-order valence-electron chi connectivity index (χ3n) is 5.49. The summed E-state index contributed by atoms with van der Waals surface area (Å²) >= 11 is 0. The first-order valence-corrected chi connectivity index (χ1v) is 10.6. The molecule has 0 spiro atoms. The monoisotopic (exact) mass is 400 g/mol. The van der Waals surface area contributed by atoms with E-state index in [1.807, 2.05) is 38.1 Å². The van der Waals surface area contributed by atoms with E-state index in [-0.39, 0.29) is 23.4 Å². The van der Waals surface area contributed by atoms with Crippen molar-refractivity contribution in [2.24, 2.45) is 5.92 Å². The number of carbonyl (C=O) groups excluding carboxylic acids is 2. The summed E-state index contributed by atoms with van der Waals surface area (Å²) in [4.78, 5) is 29.8. The van der Waals surface area contributed by atoms with Crippen molar-refractivity contribution in [3.8, 4) is 5.75 Å². The smallest absolute Gasteiger partial charge is 0.290 e. The molecule has 0 bridgehead atoms. The van der Waals surface area contributed by atoms with Gasteiger partial charge in [-0.15, -0.1) is 0 Å². The Morgan fingerprint density at radius 2 is 1.86 bits per heavy atom. The van der Waals surface area contributed by atoms with Crippen LogP contribution >= 0.6 is 0 Å². The highest BCUT2D eigenvalue weighted by Gasteiger charge is 2.44. The number of ether oxygens (including phenoxy) is 1. The summed E-state index contributed by atoms with van der Waals surface area (Å²) in [6, 6.07) is 6.90. The zero-order valence-corrected chi connectivity index (χ0v) is 17.9. The van der Waals surface area contributed by atoms with Crippen molar-refractivity contribution in [3.63, 3.8) is 0 Å². The fraction of sp³-hybridized carbons (Fsp3) is 0.565. The molecule has 1 N–H and O–H groups in total. The summed E-state index contributed by atoms with van der Waals surface area (Å²) in [5.41, 5.74) is 0.985. The van der Waals surface area contributed by atoms with Gasteiger partial charge >= 0.3 is 0 Å². The Kier molecular flexibility index (Phi) is 6.63. The number of benzene rings is 1. The van der Waals surface area contributed by atoms with Crippen LogP contribution in [0.1, 0.15) is 52.1 Å². The molecule has 1 amide bonds. The van der Waals surface area contributed by atoms with E-state index in [9.17, 15) is 14.7 Å². The highest BCUT2D eigenvalue weighted by molar-refractivity contribution is 6.09. The Balaban J connectivity index is 1.95. The minimum atomic E-state index is -0.587. The normalized spacial score (nSPS) is 20.4. The fourth-order valence-electron chi connectivity index (χ4n) is 4.08. The number of carbonyl (C=O) groups is 2. The van der Waals surface area contributed by atoms with Crippen LogP contribution in [0.3, 0.4) is 0 Å². The van der Waals surface area contributed by atoms with E-state index in [1.165, 1.54) is 12.8 Å². The number of ketones is 1. The van der Waals surface area contributed by atoms with Crippen LogP contribution in [0.25, 0.3) is 0 Å². The number of rotatable bonds is 8. The van der Waals surface area contributed by atoms with Gasteiger partial charge < -0.3 is 19.6 Å². The van der Waals surface area contributed by atoms with Crippen LogP contribution in [0, 0.1) is 5.92 Å². The molecule has 1 atom stereocenters. The highest BCUT2D eigenvalue weighted by Crippen LogP contribution is 2.39. The second-order valence-electron chi connectivity index (χ2n) is 8.47. The first-order chi connectivity index (χ1) is 13.8. The van der Waals surface area contributed by atoms with Crippen molar-refractivity contribution >= 4 is 11.7 Å². The summed E-state index contributed by atoms with van der Waals surface area (Å²) in [7, 11) is 0. The lowest BCUT2D eigenvalue weighted by molar-refractivity contribution is -0.129. The van der Waals surface area contributed by atoms with Gasteiger partial charge in [0, 0.05) is 19.0 Å². The van der Waals surface area contributed by atoms with E-state index in [0.29, 0.717) is 12.3 Å². The van der Waals surface area contributed by atoms with Crippen LogP contribution in [-0.4, -0.2) is 58.9 Å². The van der Waals surface area contributed by atoms with E-state index >= 15 is 0 Å². The van der Waals surface area contributed by atoms with Gasteiger partial charge in [-0.3, -0.25) is 9.59 Å². The van der Waals surface area contributed by atoms with E-state index in [0.717, 1.165) is 25.2 Å². The first-order valence-electron chi connectivity index (χ1n) is 10.6. The molecule has 6 nitrogen and oxygen atoms in total. The molecule has 1 saturated heterocycles. The molecule has 1 aromatic rings. The number of hydrogen-bond acceptors (Lipinski definition) is 5. The summed E-state index contributed by atoms with van der Waals surface area (Å²) in [6.07, 6.45) is 2.36. The van der Waals surface area contributed by atoms with Gasteiger partial charge in [0.2, 0.25) is 0 Å². The molecule has 2 aliphatic rings. The highest BCUT2D eigenvalue weighted by atomic mass is 16.5. The van der Waals surface area contributed by atoms with Crippen molar-refractivity contribution in [1.82, 2.24) is 9.80 Å². The van der Waals surface area contributed by atoms with Gasteiger partial charge in [-0.25, -0.2) is 0 Å². The molecule has 0 aromatic heterocycles. The van der Waals surface area contributed by atoms with Gasteiger partial charge in [-0.1, -0.05) is 26.0 Å². The lowest BCUT2D eigenvalue weighted by Crippen LogP contribution is -2.38. The lowest BCUT2D eigenvalue weighted by Gasteiger charge is -2.29. The van der Waals surface area contributed by atoms with Crippen molar-refractivity contribution < 1.29 is 19.4 Å². The predicted octanol–water partition coefficient (Wildman–Crippen LogP) is 3.49. The predicted molar refractivity (Wildman–Crippen MR) is 112 cm³/mol. The zero-order chi connectivity index (χ0) is 21.1. The molecule has 6 heteroatoms. The van der Waals surface area contributed by atoms with Gasteiger partial charge in [0.05, 0.1) is 17.7 Å². The molecule has 1 fully saturated rings. The molecule has 0 saturated carbocycles. The topological polar surface area (TPSA) is 70.1 Å². The summed E-state index contributed by atoms with van der Waals surface area (Å²) in [5.74, 6) is -0.693. The van der Waals surface area contributed by atoms with Crippen LogP contribution in [0.15, 0.2) is 35.6 Å². The molecule has 1 unspecified atom stereocenters. The molecular formula is C23H32N2O4. The van der Waals surface area contributed by atoms with Crippen molar-refractivity contribution in [3.05, 3.63) is 41.2 Å². The molecule has 0 radical (unpaired) electrons. The third-order valence-corrected chi connectivity index (χ3v) is 5.49. The molecule has 2 aliphatic heterocycles. The van der Waals surface area contributed by atoms with Crippen molar-refractivity contribution in [2.45, 2.75) is 52.7 Å². The second kappa shape index (κ2) is 8.99. The molecule has 158 valence electrons. The Morgan fingerprint density at radius 1 is 1.17 bits per heavy atom. The van der Waals surface area contributed by atoms with Gasteiger partial charge in [0.15, 0.2) is 11.5 Å². The Hall–Kier alpha value is -2.34. The van der Waals surface area contributed by atoms with Gasteiger partial charge in [0.1, 0.15) is 5.75 Å². The maximum Gasteiger partial charge on any atom is 0.290 e. The number of aliphatic hydroxyl groups excluding tert-OH is 1. The van der Waals surface area contributed by atoms with Crippen LogP contribution < -0.4 is 4.74 Å². The van der Waals surface area contributed by atoms with E-state index < -0.39 is 17.7 Å².